The second kappa shape index (κ2) is 12.2. The monoisotopic (exact) mass is 522 g/mol. The number of hydrogen-bond donors (Lipinski definition) is 0. The maximum Gasteiger partial charge on any atom is 0.339 e. The molecule has 0 aromatic heterocycles. The van der Waals surface area contributed by atoms with Crippen LogP contribution in [0.3, 0.4) is 0 Å². The van der Waals surface area contributed by atoms with Gasteiger partial charge in [-0.05, 0) is 22.8 Å². The summed E-state index contributed by atoms with van der Waals surface area (Å²) in [4.78, 5) is 40.7. The molecule has 0 aliphatic heterocycles. The first-order chi connectivity index (χ1) is 18.5. The van der Waals surface area contributed by atoms with E-state index < -0.39 is 24.6 Å². The lowest BCUT2D eigenvalue weighted by atomic mass is 10.1. The van der Waals surface area contributed by atoms with Crippen molar-refractivity contribution in [2.75, 3.05) is 14.2 Å². The second-order valence-electron chi connectivity index (χ2n) is 8.30. The first kappa shape index (κ1) is 26.6. The minimum atomic E-state index is -3.09. The van der Waals surface area contributed by atoms with Crippen LogP contribution in [-0.4, -0.2) is 37.2 Å². The standard InChI is InChI=1S/C32H27O5P/c1-36-31(34)28(23-29(33)24-15-7-3-8-16-24)30(32(35)37-2)38(25-17-9-4-10-18-25,26-19-11-5-12-20-26)27-21-13-6-14-22-27/h3-23H,1-2H3. The highest BCUT2D eigenvalue weighted by Gasteiger charge is 2.38. The summed E-state index contributed by atoms with van der Waals surface area (Å²) >= 11 is 0. The Hall–Kier alpha value is -4.47. The van der Waals surface area contributed by atoms with Crippen LogP contribution in [0.2, 0.25) is 0 Å². The van der Waals surface area contributed by atoms with Gasteiger partial charge >= 0.3 is 11.9 Å². The number of esters is 2. The zero-order chi connectivity index (χ0) is 27.0. The van der Waals surface area contributed by atoms with E-state index >= 15 is 0 Å². The highest BCUT2D eigenvalue weighted by molar-refractivity contribution is 7.96. The molecule has 38 heavy (non-hydrogen) atoms. The molecule has 0 N–H and O–H groups in total. The maximum absolute atomic E-state index is 13.9. The molecule has 0 saturated heterocycles. The van der Waals surface area contributed by atoms with Gasteiger partial charge in [0.15, 0.2) is 5.78 Å². The van der Waals surface area contributed by atoms with Crippen molar-refractivity contribution in [2.45, 2.75) is 0 Å². The van der Waals surface area contributed by atoms with Crippen LogP contribution in [0.15, 0.2) is 133 Å². The van der Waals surface area contributed by atoms with Crippen LogP contribution in [0, 0.1) is 0 Å². The smallest absolute Gasteiger partial charge is 0.339 e. The summed E-state index contributed by atoms with van der Waals surface area (Å²) in [6, 6.07) is 37.2. The lowest BCUT2D eigenvalue weighted by Gasteiger charge is -2.32. The van der Waals surface area contributed by atoms with Gasteiger partial charge in [0, 0.05) is 11.6 Å². The Labute approximate surface area is 222 Å². The Bertz CT molecular complexity index is 1410. The van der Waals surface area contributed by atoms with Crippen molar-refractivity contribution in [2.24, 2.45) is 0 Å². The molecule has 0 spiro atoms. The number of ether oxygens (including phenoxy) is 2. The van der Waals surface area contributed by atoms with Gasteiger partial charge in [-0.1, -0.05) is 121 Å². The molecule has 4 rings (SSSR count). The zero-order valence-corrected chi connectivity index (χ0v) is 22.0. The van der Waals surface area contributed by atoms with Gasteiger partial charge in [-0.15, -0.1) is 0 Å². The quantitative estimate of drug-likeness (QED) is 0.149. The minimum Gasteiger partial charge on any atom is -0.465 e. The lowest BCUT2D eigenvalue weighted by molar-refractivity contribution is -0.137. The molecule has 6 heteroatoms. The van der Waals surface area contributed by atoms with Gasteiger partial charge in [-0.3, -0.25) is 4.79 Å². The molecule has 0 fully saturated rings. The Morgan fingerprint density at radius 2 is 0.921 bits per heavy atom. The van der Waals surface area contributed by atoms with Crippen LogP contribution in [0.4, 0.5) is 0 Å². The summed E-state index contributed by atoms with van der Waals surface area (Å²) < 4.78 is 10.5. The highest BCUT2D eigenvalue weighted by Crippen LogP contribution is 2.48. The number of ketones is 1. The van der Waals surface area contributed by atoms with E-state index in [9.17, 15) is 14.4 Å². The Morgan fingerprint density at radius 3 is 1.29 bits per heavy atom. The molecule has 5 nitrogen and oxygen atoms in total. The topological polar surface area (TPSA) is 69.7 Å². The van der Waals surface area contributed by atoms with Gasteiger partial charge in [-0.2, -0.15) is 0 Å². The van der Waals surface area contributed by atoms with Gasteiger partial charge in [0.1, 0.15) is 0 Å². The van der Waals surface area contributed by atoms with E-state index in [1.54, 1.807) is 30.3 Å². The average Bonchev–Trinajstić information content (AvgIpc) is 3.00. The van der Waals surface area contributed by atoms with Crippen molar-refractivity contribution < 1.29 is 23.9 Å². The van der Waals surface area contributed by atoms with Crippen molar-refractivity contribution in [1.82, 2.24) is 0 Å². The first-order valence-corrected chi connectivity index (χ1v) is 13.7. The van der Waals surface area contributed by atoms with Gasteiger partial charge < -0.3 is 9.47 Å². The summed E-state index contributed by atoms with van der Waals surface area (Å²) in [6.45, 7) is -3.09. The number of benzene rings is 4. The number of allylic oxidation sites excluding steroid dienone is 1. The molecular weight excluding hydrogens is 495 g/mol. The average molecular weight is 523 g/mol. The number of carbonyl (C=O) groups is 3. The minimum absolute atomic E-state index is 0.0831. The largest absolute Gasteiger partial charge is 0.465 e. The van der Waals surface area contributed by atoms with E-state index in [-0.39, 0.29) is 10.9 Å². The third-order valence-electron chi connectivity index (χ3n) is 6.14. The van der Waals surface area contributed by atoms with E-state index in [2.05, 4.69) is 0 Å². The molecule has 0 saturated carbocycles. The molecule has 0 amide bonds. The fourth-order valence-electron chi connectivity index (χ4n) is 4.46. The van der Waals surface area contributed by atoms with Crippen LogP contribution in [0.1, 0.15) is 10.4 Å². The fourth-order valence-corrected chi connectivity index (χ4v) is 8.87. The Kier molecular flexibility index (Phi) is 8.52. The van der Waals surface area contributed by atoms with Crippen LogP contribution < -0.4 is 15.9 Å². The van der Waals surface area contributed by atoms with Gasteiger partial charge in [-0.25, -0.2) is 9.59 Å². The molecule has 0 atom stereocenters. The molecule has 0 aliphatic rings. The van der Waals surface area contributed by atoms with Crippen LogP contribution >= 0.6 is 6.89 Å². The van der Waals surface area contributed by atoms with Gasteiger partial charge in [0.2, 0.25) is 0 Å². The van der Waals surface area contributed by atoms with E-state index in [0.29, 0.717) is 5.56 Å². The number of methoxy groups -OCH3 is 2. The maximum atomic E-state index is 13.9. The van der Waals surface area contributed by atoms with Crippen molar-refractivity contribution in [3.8, 4) is 0 Å². The molecule has 0 heterocycles. The molecule has 190 valence electrons. The number of hydrogen-bond acceptors (Lipinski definition) is 5. The summed E-state index contributed by atoms with van der Waals surface area (Å²) in [5.41, 5.74) is 0.235. The third-order valence-corrected chi connectivity index (χ3v) is 10.5. The summed E-state index contributed by atoms with van der Waals surface area (Å²) in [5.74, 6) is -1.95. The predicted octanol–water partition coefficient (Wildman–Crippen LogP) is 4.31. The van der Waals surface area contributed by atoms with Gasteiger partial charge in [0.25, 0.3) is 0 Å². The fraction of sp³-hybridized carbons (Fsp3) is 0.0625. The highest BCUT2D eigenvalue weighted by atomic mass is 31.2. The summed E-state index contributed by atoms with van der Waals surface area (Å²) in [6.07, 6.45) is 1.19. The normalized spacial score (nSPS) is 11.4. The zero-order valence-electron chi connectivity index (χ0n) is 21.1. The van der Waals surface area contributed by atoms with Crippen LogP contribution in [0.25, 0.3) is 0 Å². The Balaban J connectivity index is 2.27. The number of rotatable bonds is 8. The van der Waals surface area contributed by atoms with E-state index in [1.807, 2.05) is 91.0 Å². The molecule has 0 unspecified atom stereocenters. The summed E-state index contributed by atoms with van der Waals surface area (Å²) in [5, 5.41) is 2.54. The SMILES string of the molecule is COC(=O)C(=CC(=O)c1ccccc1)C(C(=O)OC)=P(c1ccccc1)(c1ccccc1)c1ccccc1. The van der Waals surface area contributed by atoms with Crippen molar-refractivity contribution in [3.05, 3.63) is 139 Å². The number of carbonyl (C=O) groups excluding carboxylic acids is 3. The van der Waals surface area contributed by atoms with Crippen LogP contribution in [-0.2, 0) is 19.1 Å². The first-order valence-electron chi connectivity index (χ1n) is 12.0. The predicted molar refractivity (Wildman–Crippen MR) is 153 cm³/mol. The third kappa shape index (κ3) is 5.15. The lowest BCUT2D eigenvalue weighted by Crippen LogP contribution is -2.37. The second-order valence-corrected chi connectivity index (χ2v) is 11.6. The van der Waals surface area contributed by atoms with E-state index in [4.69, 9.17) is 9.47 Å². The molecule has 4 aromatic rings. The van der Waals surface area contributed by atoms with Crippen molar-refractivity contribution in [1.29, 1.82) is 0 Å². The van der Waals surface area contributed by atoms with Crippen molar-refractivity contribution in [3.63, 3.8) is 0 Å². The van der Waals surface area contributed by atoms with Gasteiger partial charge in [0.05, 0.1) is 25.1 Å². The van der Waals surface area contributed by atoms with Crippen LogP contribution in [0.5, 0.6) is 0 Å². The molecule has 0 radical (unpaired) electrons. The molecule has 4 aromatic carbocycles. The van der Waals surface area contributed by atoms with E-state index in [1.165, 1.54) is 20.3 Å². The van der Waals surface area contributed by atoms with Crippen molar-refractivity contribution >= 4 is 45.8 Å². The Morgan fingerprint density at radius 1 is 0.553 bits per heavy atom. The summed E-state index contributed by atoms with van der Waals surface area (Å²) in [7, 11) is 2.50. The van der Waals surface area contributed by atoms with E-state index in [0.717, 1.165) is 15.9 Å². The molecule has 0 bridgehead atoms. The molecule has 0 aliphatic carbocycles. The molecular formula is C32H27O5P.